The Morgan fingerprint density at radius 2 is 1.79 bits per heavy atom. The van der Waals surface area contributed by atoms with Crippen LogP contribution >= 0.6 is 11.6 Å². The summed E-state index contributed by atoms with van der Waals surface area (Å²) in [6.45, 7) is 5.91. The van der Waals surface area contributed by atoms with E-state index in [1.54, 1.807) is 13.1 Å². The molecule has 2 amide bonds. The Hall–Kier alpha value is -2.53. The van der Waals surface area contributed by atoms with E-state index >= 15 is 0 Å². The molecule has 2 aromatic carbocycles. The van der Waals surface area contributed by atoms with Gasteiger partial charge in [-0.05, 0) is 55.2 Å². The molecule has 0 aliphatic carbocycles. The second-order valence-corrected chi connectivity index (χ2v) is 7.17. The largest absolute Gasteiger partial charge is 0.484 e. The summed E-state index contributed by atoms with van der Waals surface area (Å²) in [4.78, 5) is 26.9. The molecule has 0 saturated heterocycles. The monoisotopic (exact) mass is 402 g/mol. The van der Waals surface area contributed by atoms with Gasteiger partial charge in [0, 0.05) is 18.6 Å². The fourth-order valence-corrected chi connectivity index (χ4v) is 3.34. The van der Waals surface area contributed by atoms with E-state index in [9.17, 15) is 9.59 Å². The maximum atomic E-state index is 13.0. The molecule has 0 aliphatic heterocycles. The maximum absolute atomic E-state index is 13.0. The Balaban J connectivity index is 2.22. The predicted octanol–water partition coefficient (Wildman–Crippen LogP) is 3.89. The number of nitrogens with zero attached hydrogens (tertiary/aromatic N) is 1. The standard InChI is InChI=1S/C22H27ClN2O3/c1-5-20(22(27)24-4)25(13-17-8-6-7-9-19(17)23)21(26)14-28-18-11-15(2)10-16(3)12-18/h6-12,20H,5,13-14H2,1-4H3,(H,24,27). The van der Waals surface area contributed by atoms with Crippen LogP contribution in [-0.2, 0) is 16.1 Å². The molecule has 2 rings (SSSR count). The molecule has 28 heavy (non-hydrogen) atoms. The normalized spacial score (nSPS) is 11.6. The molecule has 1 N–H and O–H groups in total. The summed E-state index contributed by atoms with van der Waals surface area (Å²) in [6, 6.07) is 12.5. The molecule has 1 atom stereocenters. The zero-order chi connectivity index (χ0) is 20.7. The maximum Gasteiger partial charge on any atom is 0.261 e. The molecule has 5 nitrogen and oxygen atoms in total. The number of hydrogen-bond acceptors (Lipinski definition) is 3. The van der Waals surface area contributed by atoms with Crippen LogP contribution in [0, 0.1) is 13.8 Å². The number of rotatable bonds is 8. The molecule has 0 heterocycles. The first-order chi connectivity index (χ1) is 13.3. The Bertz CT molecular complexity index is 818. The van der Waals surface area contributed by atoms with Crippen molar-refractivity contribution in [1.82, 2.24) is 10.2 Å². The lowest BCUT2D eigenvalue weighted by Crippen LogP contribution is -2.49. The summed E-state index contributed by atoms with van der Waals surface area (Å²) in [7, 11) is 1.56. The van der Waals surface area contributed by atoms with Gasteiger partial charge in [-0.25, -0.2) is 0 Å². The molecule has 0 aliphatic rings. The van der Waals surface area contributed by atoms with Gasteiger partial charge in [-0.1, -0.05) is 42.8 Å². The van der Waals surface area contributed by atoms with Crippen molar-refractivity contribution >= 4 is 23.4 Å². The Morgan fingerprint density at radius 3 is 2.36 bits per heavy atom. The van der Waals surface area contributed by atoms with E-state index in [4.69, 9.17) is 16.3 Å². The van der Waals surface area contributed by atoms with E-state index in [-0.39, 0.29) is 25.0 Å². The van der Waals surface area contributed by atoms with Crippen LogP contribution in [0.25, 0.3) is 0 Å². The van der Waals surface area contributed by atoms with Crippen molar-refractivity contribution in [2.75, 3.05) is 13.7 Å². The zero-order valence-corrected chi connectivity index (χ0v) is 17.5. The molecule has 0 aromatic heterocycles. The average Bonchev–Trinajstić information content (AvgIpc) is 2.66. The number of benzene rings is 2. The predicted molar refractivity (Wildman–Crippen MR) is 112 cm³/mol. The molecule has 1 unspecified atom stereocenters. The van der Waals surface area contributed by atoms with Crippen LogP contribution in [0.15, 0.2) is 42.5 Å². The first-order valence-electron chi connectivity index (χ1n) is 9.31. The van der Waals surface area contributed by atoms with Gasteiger partial charge in [0.1, 0.15) is 11.8 Å². The lowest BCUT2D eigenvalue weighted by Gasteiger charge is -2.30. The number of halogens is 1. The number of carbonyl (C=O) groups excluding carboxylic acids is 2. The van der Waals surface area contributed by atoms with Gasteiger partial charge in [0.15, 0.2) is 6.61 Å². The van der Waals surface area contributed by atoms with Crippen molar-refractivity contribution < 1.29 is 14.3 Å². The van der Waals surface area contributed by atoms with Crippen LogP contribution in [0.2, 0.25) is 5.02 Å². The first-order valence-corrected chi connectivity index (χ1v) is 9.69. The molecule has 0 fully saturated rings. The molecule has 150 valence electrons. The van der Waals surface area contributed by atoms with Crippen LogP contribution in [-0.4, -0.2) is 36.4 Å². The third kappa shape index (κ3) is 5.73. The van der Waals surface area contributed by atoms with Crippen LogP contribution in [0.4, 0.5) is 0 Å². The molecule has 0 saturated carbocycles. The minimum absolute atomic E-state index is 0.152. The highest BCUT2D eigenvalue weighted by Gasteiger charge is 2.28. The number of amides is 2. The number of ether oxygens (including phenoxy) is 1. The fourth-order valence-electron chi connectivity index (χ4n) is 3.14. The molecule has 0 spiro atoms. The zero-order valence-electron chi connectivity index (χ0n) is 16.8. The number of carbonyl (C=O) groups is 2. The van der Waals surface area contributed by atoms with Gasteiger partial charge in [-0.3, -0.25) is 9.59 Å². The molecular formula is C22H27ClN2O3. The van der Waals surface area contributed by atoms with Crippen molar-refractivity contribution in [3.63, 3.8) is 0 Å². The van der Waals surface area contributed by atoms with Gasteiger partial charge >= 0.3 is 0 Å². The van der Waals surface area contributed by atoms with Crippen molar-refractivity contribution in [3.05, 3.63) is 64.2 Å². The highest BCUT2D eigenvalue weighted by Crippen LogP contribution is 2.21. The first kappa shape index (κ1) is 21.8. The van der Waals surface area contributed by atoms with E-state index in [1.165, 1.54) is 4.90 Å². The van der Waals surface area contributed by atoms with Gasteiger partial charge in [0.25, 0.3) is 5.91 Å². The number of aryl methyl sites for hydroxylation is 2. The molecular weight excluding hydrogens is 376 g/mol. The van der Waals surface area contributed by atoms with Gasteiger partial charge in [-0.15, -0.1) is 0 Å². The lowest BCUT2D eigenvalue weighted by molar-refractivity contribution is -0.142. The average molecular weight is 403 g/mol. The summed E-state index contributed by atoms with van der Waals surface area (Å²) >= 11 is 6.27. The second kappa shape index (κ2) is 10.1. The van der Waals surface area contributed by atoms with E-state index in [0.717, 1.165) is 16.7 Å². The van der Waals surface area contributed by atoms with Gasteiger partial charge in [0.05, 0.1) is 0 Å². The Kier molecular flexibility index (Phi) is 7.88. The fraction of sp³-hybridized carbons (Fsp3) is 0.364. The third-order valence-electron chi connectivity index (χ3n) is 4.49. The minimum atomic E-state index is -0.600. The lowest BCUT2D eigenvalue weighted by atomic mass is 10.1. The Morgan fingerprint density at radius 1 is 1.14 bits per heavy atom. The summed E-state index contributed by atoms with van der Waals surface area (Å²) in [5.41, 5.74) is 2.91. The third-order valence-corrected chi connectivity index (χ3v) is 4.86. The summed E-state index contributed by atoms with van der Waals surface area (Å²) in [5, 5.41) is 3.19. The van der Waals surface area contributed by atoms with E-state index < -0.39 is 6.04 Å². The van der Waals surface area contributed by atoms with Crippen molar-refractivity contribution in [2.24, 2.45) is 0 Å². The SMILES string of the molecule is CCC(C(=O)NC)N(Cc1ccccc1Cl)C(=O)COc1cc(C)cc(C)c1. The molecule has 6 heteroatoms. The summed E-state index contributed by atoms with van der Waals surface area (Å²) < 4.78 is 5.73. The Labute approximate surface area is 171 Å². The van der Waals surface area contributed by atoms with Crippen LogP contribution < -0.4 is 10.1 Å². The van der Waals surface area contributed by atoms with E-state index in [1.807, 2.05) is 57.2 Å². The summed E-state index contributed by atoms with van der Waals surface area (Å²) in [6.07, 6.45) is 0.486. The van der Waals surface area contributed by atoms with Gasteiger partial charge in [-0.2, -0.15) is 0 Å². The number of likely N-dealkylation sites (N-methyl/N-ethyl adjacent to an activating group) is 1. The van der Waals surface area contributed by atoms with E-state index in [0.29, 0.717) is 17.2 Å². The van der Waals surface area contributed by atoms with Crippen LogP contribution in [0.1, 0.15) is 30.0 Å². The molecule has 0 radical (unpaired) electrons. The van der Waals surface area contributed by atoms with Crippen LogP contribution in [0.5, 0.6) is 5.75 Å². The number of nitrogens with one attached hydrogen (secondary N) is 1. The smallest absolute Gasteiger partial charge is 0.261 e. The van der Waals surface area contributed by atoms with Gasteiger partial charge < -0.3 is 15.0 Å². The topological polar surface area (TPSA) is 58.6 Å². The van der Waals surface area contributed by atoms with E-state index in [2.05, 4.69) is 5.32 Å². The van der Waals surface area contributed by atoms with Crippen molar-refractivity contribution in [3.8, 4) is 5.75 Å². The molecule has 2 aromatic rings. The van der Waals surface area contributed by atoms with Crippen LogP contribution in [0.3, 0.4) is 0 Å². The van der Waals surface area contributed by atoms with Gasteiger partial charge in [0.2, 0.25) is 5.91 Å². The second-order valence-electron chi connectivity index (χ2n) is 6.76. The van der Waals surface area contributed by atoms with Crippen molar-refractivity contribution in [2.45, 2.75) is 39.8 Å². The highest BCUT2D eigenvalue weighted by atomic mass is 35.5. The minimum Gasteiger partial charge on any atom is -0.484 e. The quantitative estimate of drug-likeness (QED) is 0.728. The summed E-state index contributed by atoms with van der Waals surface area (Å²) in [5.74, 6) is 0.153. The van der Waals surface area contributed by atoms with Crippen molar-refractivity contribution in [1.29, 1.82) is 0 Å². The molecule has 0 bridgehead atoms. The highest BCUT2D eigenvalue weighted by molar-refractivity contribution is 6.31. The number of hydrogen-bond donors (Lipinski definition) is 1.